The third-order valence-electron chi connectivity index (χ3n) is 12.5. The monoisotopic (exact) mass is 848 g/mol. The molecule has 3 aromatic heterocycles. The van der Waals surface area contributed by atoms with Crippen molar-refractivity contribution in [1.82, 2.24) is 39.5 Å². The zero-order chi connectivity index (χ0) is 43.5. The van der Waals surface area contributed by atoms with Crippen LogP contribution in [0.4, 0.5) is 16.6 Å². The largest absolute Gasteiger partial charge is 0.492 e. The van der Waals surface area contributed by atoms with E-state index >= 15 is 0 Å². The number of piperazine rings is 1. The number of anilines is 2. The average molecular weight is 849 g/mol. The maximum absolute atomic E-state index is 14.4. The summed E-state index contributed by atoms with van der Waals surface area (Å²) in [4.78, 5) is 39.0. The van der Waals surface area contributed by atoms with Gasteiger partial charge < -0.3 is 34.5 Å². The lowest BCUT2D eigenvalue weighted by Crippen LogP contribution is -2.45. The van der Waals surface area contributed by atoms with Crippen LogP contribution in [0.2, 0.25) is 0 Å². The van der Waals surface area contributed by atoms with Crippen LogP contribution < -0.4 is 24.8 Å². The van der Waals surface area contributed by atoms with Crippen LogP contribution in [0.5, 0.6) is 11.5 Å². The fraction of sp³-hybridized carbons (Fsp3) is 0.500. The van der Waals surface area contributed by atoms with Crippen molar-refractivity contribution < 1.29 is 29.0 Å². The summed E-state index contributed by atoms with van der Waals surface area (Å²) in [5.41, 5.74) is 4.07. The zero-order valence-electron chi connectivity index (χ0n) is 36.7. The summed E-state index contributed by atoms with van der Waals surface area (Å²) in [6.07, 6.45) is 6.30. The first-order chi connectivity index (χ1) is 29.9. The minimum Gasteiger partial charge on any atom is -0.492 e. The summed E-state index contributed by atoms with van der Waals surface area (Å²) in [5.74, 6) is 2.25. The standard InChI is InChI=1S/C46H60N10O6/c1-31-10-9-11-32(2)54(31)44-49-48-42-19-16-35(28-53(42)44)62-39-18-17-38(36-12-7-8-13-37(36)39)47-45(59)56(61-30-58)43-27-41(46(3,4)5)50-55(43)34-15-14-33(29-57)40(26-34)60-25-24-52-22-20-51(6)21-23-52/h7-8,12-16,19,26-28,30-32,38-39,57H,9-11,17-18,20-25,29H2,1-6H3,(H,47,59)/t31-,32+,38-,39+/m0/s1. The highest BCUT2D eigenvalue weighted by molar-refractivity contribution is 5.90. The molecule has 5 aromatic rings. The van der Waals surface area contributed by atoms with E-state index in [0.717, 1.165) is 73.4 Å². The molecule has 3 aliphatic rings. The smallest absolute Gasteiger partial charge is 0.357 e. The molecule has 0 unspecified atom stereocenters. The van der Waals surface area contributed by atoms with E-state index in [1.165, 1.54) is 6.42 Å². The maximum Gasteiger partial charge on any atom is 0.357 e. The Balaban J connectivity index is 1.02. The first-order valence-corrected chi connectivity index (χ1v) is 21.9. The number of likely N-dealkylation sites (N-methyl/N-ethyl adjacent to an activating group) is 1. The molecule has 0 saturated carbocycles. The number of carbonyl (C=O) groups is 2. The maximum atomic E-state index is 14.4. The Morgan fingerprint density at radius 1 is 0.952 bits per heavy atom. The van der Waals surface area contributed by atoms with Crippen LogP contribution >= 0.6 is 0 Å². The number of ether oxygens (including phenoxy) is 2. The van der Waals surface area contributed by atoms with Crippen molar-refractivity contribution in [2.75, 3.05) is 56.3 Å². The number of piperidine rings is 1. The fourth-order valence-corrected chi connectivity index (χ4v) is 8.93. The van der Waals surface area contributed by atoms with E-state index in [1.807, 2.05) is 67.8 Å². The zero-order valence-corrected chi connectivity index (χ0v) is 36.7. The van der Waals surface area contributed by atoms with Gasteiger partial charge in [-0.1, -0.05) is 51.1 Å². The van der Waals surface area contributed by atoms with E-state index in [0.29, 0.717) is 60.0 Å². The van der Waals surface area contributed by atoms with Crippen molar-refractivity contribution in [2.24, 2.45) is 0 Å². The van der Waals surface area contributed by atoms with Crippen molar-refractivity contribution in [3.63, 3.8) is 0 Å². The number of carbonyl (C=O) groups excluding carboxylic acids is 2. The van der Waals surface area contributed by atoms with E-state index in [4.69, 9.17) is 19.4 Å². The molecule has 16 heteroatoms. The minimum absolute atomic E-state index is 0.212. The number of aliphatic hydroxyl groups excluding tert-OH is 1. The third kappa shape index (κ3) is 9.08. The van der Waals surface area contributed by atoms with Gasteiger partial charge in [0.2, 0.25) is 5.95 Å². The van der Waals surface area contributed by atoms with Crippen LogP contribution in [-0.2, 0) is 21.7 Å². The van der Waals surface area contributed by atoms with Gasteiger partial charge in [-0.25, -0.2) is 9.48 Å². The molecule has 330 valence electrons. The highest BCUT2D eigenvalue weighted by Gasteiger charge is 2.34. The van der Waals surface area contributed by atoms with Crippen LogP contribution in [0.1, 0.15) is 101 Å². The predicted molar refractivity (Wildman–Crippen MR) is 236 cm³/mol. The number of urea groups is 1. The summed E-state index contributed by atoms with van der Waals surface area (Å²) < 4.78 is 16.6. The number of aromatic nitrogens is 5. The molecule has 0 spiro atoms. The summed E-state index contributed by atoms with van der Waals surface area (Å²) in [5, 5.41) is 28.3. The first kappa shape index (κ1) is 43.0. The number of rotatable bonds is 13. The molecule has 2 amide bonds. The lowest BCUT2D eigenvalue weighted by atomic mass is 9.85. The minimum atomic E-state index is -0.639. The Morgan fingerprint density at radius 2 is 1.71 bits per heavy atom. The van der Waals surface area contributed by atoms with Gasteiger partial charge in [0.15, 0.2) is 11.5 Å². The molecule has 1 aliphatic carbocycles. The van der Waals surface area contributed by atoms with Gasteiger partial charge in [-0.3, -0.25) is 14.1 Å². The Morgan fingerprint density at radius 3 is 2.44 bits per heavy atom. The van der Waals surface area contributed by atoms with Crippen molar-refractivity contribution in [1.29, 1.82) is 0 Å². The van der Waals surface area contributed by atoms with Crippen LogP contribution in [0.15, 0.2) is 66.9 Å². The molecule has 4 atom stereocenters. The second-order valence-corrected chi connectivity index (χ2v) is 17.9. The number of fused-ring (bicyclic) bond motifs is 2. The molecule has 2 N–H and O–H groups in total. The van der Waals surface area contributed by atoms with Crippen LogP contribution in [0, 0.1) is 0 Å². The number of nitrogens with one attached hydrogen (secondary N) is 1. The van der Waals surface area contributed by atoms with E-state index in [2.05, 4.69) is 51.1 Å². The number of hydrogen-bond acceptors (Lipinski definition) is 12. The summed E-state index contributed by atoms with van der Waals surface area (Å²) in [7, 11) is 2.13. The van der Waals surface area contributed by atoms with Crippen molar-refractivity contribution in [2.45, 2.75) is 103 Å². The number of hydrogen-bond donors (Lipinski definition) is 2. The third-order valence-corrected chi connectivity index (χ3v) is 12.5. The normalized spacial score (nSPS) is 21.0. The molecular formula is C46H60N10O6. The number of amides is 2. The molecule has 2 aliphatic heterocycles. The summed E-state index contributed by atoms with van der Waals surface area (Å²) >= 11 is 0. The van der Waals surface area contributed by atoms with E-state index in [9.17, 15) is 14.7 Å². The second-order valence-electron chi connectivity index (χ2n) is 17.9. The highest BCUT2D eigenvalue weighted by Crippen LogP contribution is 2.40. The van der Waals surface area contributed by atoms with Gasteiger partial charge in [0.1, 0.15) is 24.2 Å². The number of aliphatic hydroxyl groups is 1. The highest BCUT2D eigenvalue weighted by atomic mass is 16.7. The number of nitrogens with zero attached hydrogens (tertiary/aromatic N) is 9. The molecule has 0 bridgehead atoms. The molecule has 8 rings (SSSR count). The Hall–Kier alpha value is -5.71. The molecule has 2 fully saturated rings. The van der Waals surface area contributed by atoms with E-state index in [1.54, 1.807) is 28.9 Å². The molecule has 2 aromatic carbocycles. The van der Waals surface area contributed by atoms with Crippen molar-refractivity contribution in [3.8, 4) is 17.2 Å². The molecule has 2 saturated heterocycles. The van der Waals surface area contributed by atoms with Gasteiger partial charge in [0, 0.05) is 67.9 Å². The molecule has 62 heavy (non-hydrogen) atoms. The van der Waals surface area contributed by atoms with E-state index in [-0.39, 0.29) is 25.0 Å². The SMILES string of the molecule is C[C@@H]1CCC[C@H](C)N1c1nnc2ccc(O[C@@H]3CC[C@H](NC(=O)N(OC=O)c4cc(C(C)(C)C)nn4-c4ccc(CO)c(OCCN5CCN(C)CC5)c4)c4ccccc43)cn12. The van der Waals surface area contributed by atoms with Gasteiger partial charge in [-0.05, 0) is 82.3 Å². The average Bonchev–Trinajstić information content (AvgIpc) is 3.90. The Bertz CT molecular complexity index is 2340. The van der Waals surface area contributed by atoms with E-state index < -0.39 is 17.5 Å². The van der Waals surface area contributed by atoms with Crippen molar-refractivity contribution >= 4 is 29.9 Å². The molecule has 0 radical (unpaired) electrons. The Labute approximate surface area is 363 Å². The van der Waals surface area contributed by atoms with Crippen LogP contribution in [0.3, 0.4) is 0 Å². The predicted octanol–water partition coefficient (Wildman–Crippen LogP) is 6.36. The van der Waals surface area contributed by atoms with Gasteiger partial charge in [0.05, 0.1) is 30.2 Å². The van der Waals surface area contributed by atoms with Gasteiger partial charge >= 0.3 is 12.5 Å². The molecule has 16 nitrogen and oxygen atoms in total. The van der Waals surface area contributed by atoms with Gasteiger partial charge in [-0.15, -0.1) is 15.3 Å². The first-order valence-electron chi connectivity index (χ1n) is 21.9. The van der Waals surface area contributed by atoms with Crippen LogP contribution in [0.25, 0.3) is 11.3 Å². The quantitative estimate of drug-likeness (QED) is 0.100. The van der Waals surface area contributed by atoms with Crippen LogP contribution in [-0.4, -0.2) is 110 Å². The number of hydroxylamine groups is 1. The molecular weight excluding hydrogens is 789 g/mol. The fourth-order valence-electron chi connectivity index (χ4n) is 8.93. The summed E-state index contributed by atoms with van der Waals surface area (Å²) in [6.45, 7) is 15.7. The van der Waals surface area contributed by atoms with Gasteiger partial charge in [0.25, 0.3) is 0 Å². The second kappa shape index (κ2) is 18.3. The van der Waals surface area contributed by atoms with Gasteiger partial charge in [-0.2, -0.15) is 5.10 Å². The number of pyridine rings is 1. The van der Waals surface area contributed by atoms with Crippen molar-refractivity contribution in [3.05, 3.63) is 89.2 Å². The lowest BCUT2D eigenvalue weighted by Gasteiger charge is -2.39. The lowest BCUT2D eigenvalue weighted by molar-refractivity contribution is -0.129. The Kier molecular flexibility index (Phi) is 12.7. The topological polar surface area (TPSA) is 155 Å². The molecule has 5 heterocycles. The number of benzene rings is 2. The summed E-state index contributed by atoms with van der Waals surface area (Å²) in [6, 6.07) is 18.6.